The average molecular weight is 144 g/mol. The van der Waals surface area contributed by atoms with Crippen LogP contribution < -0.4 is 0 Å². The zero-order chi connectivity index (χ0) is 6.97. The Balaban J connectivity index is 1.81. The van der Waals surface area contributed by atoms with Crippen molar-refractivity contribution in [2.45, 2.75) is 31.2 Å². The minimum atomic E-state index is 0.0780. The minimum Gasteiger partial charge on any atom is -0.394 e. The van der Waals surface area contributed by atoms with Gasteiger partial charge in [-0.25, -0.2) is 0 Å². The fourth-order valence-corrected chi connectivity index (χ4v) is 1.41. The largest absolute Gasteiger partial charge is 0.394 e. The SMILES string of the molecule is OCC1CCC(C2CO2)O1. The number of hydrogen-bond acceptors (Lipinski definition) is 3. The van der Waals surface area contributed by atoms with Crippen LogP contribution in [0.15, 0.2) is 0 Å². The molecular formula is C7H12O3. The summed E-state index contributed by atoms with van der Waals surface area (Å²) in [4.78, 5) is 0. The molecule has 0 saturated carbocycles. The van der Waals surface area contributed by atoms with Crippen LogP contribution in [-0.4, -0.2) is 36.6 Å². The van der Waals surface area contributed by atoms with E-state index in [2.05, 4.69) is 0 Å². The van der Waals surface area contributed by atoms with Crippen LogP contribution in [0.4, 0.5) is 0 Å². The lowest BCUT2D eigenvalue weighted by molar-refractivity contribution is 0.000435. The Morgan fingerprint density at radius 2 is 2.10 bits per heavy atom. The Hall–Kier alpha value is -0.120. The van der Waals surface area contributed by atoms with Gasteiger partial charge in [0.2, 0.25) is 0 Å². The highest BCUT2D eigenvalue weighted by atomic mass is 16.6. The van der Waals surface area contributed by atoms with Gasteiger partial charge in [-0.2, -0.15) is 0 Å². The normalized spacial score (nSPS) is 45.9. The number of hydrogen-bond donors (Lipinski definition) is 1. The van der Waals surface area contributed by atoms with Gasteiger partial charge in [-0.05, 0) is 12.8 Å². The molecule has 0 spiro atoms. The first-order valence-corrected chi connectivity index (χ1v) is 3.78. The number of epoxide rings is 1. The second-order valence-corrected chi connectivity index (χ2v) is 2.93. The Kier molecular flexibility index (Phi) is 1.64. The molecule has 10 heavy (non-hydrogen) atoms. The van der Waals surface area contributed by atoms with E-state index in [-0.39, 0.29) is 18.8 Å². The van der Waals surface area contributed by atoms with Gasteiger partial charge in [0.05, 0.1) is 25.4 Å². The van der Waals surface area contributed by atoms with Crippen LogP contribution in [-0.2, 0) is 9.47 Å². The van der Waals surface area contributed by atoms with E-state index in [1.807, 2.05) is 0 Å². The molecule has 3 heteroatoms. The lowest BCUT2D eigenvalue weighted by Crippen LogP contribution is -2.18. The summed E-state index contributed by atoms with van der Waals surface area (Å²) in [5.41, 5.74) is 0. The van der Waals surface area contributed by atoms with Crippen LogP contribution in [0.3, 0.4) is 0 Å². The molecule has 0 bridgehead atoms. The van der Waals surface area contributed by atoms with E-state index in [1.165, 1.54) is 0 Å². The van der Waals surface area contributed by atoms with E-state index in [4.69, 9.17) is 14.6 Å². The van der Waals surface area contributed by atoms with Gasteiger partial charge >= 0.3 is 0 Å². The molecule has 2 rings (SSSR count). The molecule has 0 amide bonds. The van der Waals surface area contributed by atoms with Gasteiger partial charge in [-0.3, -0.25) is 0 Å². The molecule has 3 unspecified atom stereocenters. The Labute approximate surface area is 59.9 Å². The third-order valence-corrected chi connectivity index (χ3v) is 2.12. The summed E-state index contributed by atoms with van der Waals surface area (Å²) in [7, 11) is 0. The topological polar surface area (TPSA) is 42.0 Å². The highest BCUT2D eigenvalue weighted by Gasteiger charge is 2.38. The molecule has 0 aliphatic carbocycles. The van der Waals surface area contributed by atoms with Crippen molar-refractivity contribution in [3.63, 3.8) is 0 Å². The molecule has 2 fully saturated rings. The van der Waals surface area contributed by atoms with Crippen molar-refractivity contribution < 1.29 is 14.6 Å². The molecular weight excluding hydrogens is 132 g/mol. The maximum atomic E-state index is 8.72. The third-order valence-electron chi connectivity index (χ3n) is 2.12. The van der Waals surface area contributed by atoms with E-state index in [0.29, 0.717) is 6.10 Å². The standard InChI is InChI=1S/C7H12O3/c8-3-5-1-2-6(10-5)7-4-9-7/h5-8H,1-4H2. The zero-order valence-electron chi connectivity index (χ0n) is 5.82. The van der Waals surface area contributed by atoms with Crippen LogP contribution in [0.2, 0.25) is 0 Å². The van der Waals surface area contributed by atoms with Crippen LogP contribution in [0.1, 0.15) is 12.8 Å². The lowest BCUT2D eigenvalue weighted by atomic mass is 10.1. The van der Waals surface area contributed by atoms with Gasteiger partial charge in [0, 0.05) is 0 Å². The third kappa shape index (κ3) is 1.17. The van der Waals surface area contributed by atoms with Crippen LogP contribution in [0.25, 0.3) is 0 Å². The molecule has 0 radical (unpaired) electrons. The van der Waals surface area contributed by atoms with Gasteiger partial charge in [0.15, 0.2) is 0 Å². The maximum absolute atomic E-state index is 8.72. The number of ether oxygens (including phenoxy) is 2. The van der Waals surface area contributed by atoms with Crippen molar-refractivity contribution in [1.29, 1.82) is 0 Å². The molecule has 1 N–H and O–H groups in total. The summed E-state index contributed by atoms with van der Waals surface area (Å²) < 4.78 is 10.5. The number of aliphatic hydroxyl groups is 1. The summed E-state index contributed by atoms with van der Waals surface area (Å²) in [5, 5.41) is 8.72. The van der Waals surface area contributed by atoms with Crippen LogP contribution >= 0.6 is 0 Å². The van der Waals surface area contributed by atoms with Gasteiger partial charge < -0.3 is 14.6 Å². The first-order chi connectivity index (χ1) is 4.90. The molecule has 2 saturated heterocycles. The van der Waals surface area contributed by atoms with Crippen LogP contribution in [0, 0.1) is 0 Å². The molecule has 3 atom stereocenters. The molecule has 0 aromatic rings. The summed E-state index contributed by atoms with van der Waals surface area (Å²) in [6.07, 6.45) is 2.74. The lowest BCUT2D eigenvalue weighted by Gasteiger charge is -2.07. The van der Waals surface area contributed by atoms with Crippen molar-refractivity contribution in [3.05, 3.63) is 0 Å². The first kappa shape index (κ1) is 6.58. The van der Waals surface area contributed by atoms with Crippen molar-refractivity contribution in [1.82, 2.24) is 0 Å². The zero-order valence-corrected chi connectivity index (χ0v) is 5.82. The highest BCUT2D eigenvalue weighted by Crippen LogP contribution is 2.28. The average Bonchev–Trinajstić information content (AvgIpc) is 2.70. The summed E-state index contributed by atoms with van der Waals surface area (Å²) in [5.74, 6) is 0. The molecule has 58 valence electrons. The summed E-state index contributed by atoms with van der Waals surface area (Å²) >= 11 is 0. The fourth-order valence-electron chi connectivity index (χ4n) is 1.41. The van der Waals surface area contributed by atoms with Crippen molar-refractivity contribution in [2.75, 3.05) is 13.2 Å². The first-order valence-electron chi connectivity index (χ1n) is 3.78. The summed E-state index contributed by atoms with van der Waals surface area (Å²) in [6, 6.07) is 0. The van der Waals surface area contributed by atoms with Gasteiger partial charge in [0.25, 0.3) is 0 Å². The van der Waals surface area contributed by atoms with E-state index in [1.54, 1.807) is 0 Å². The molecule has 2 heterocycles. The number of rotatable bonds is 2. The predicted octanol–water partition coefficient (Wildman–Crippen LogP) is -0.0749. The molecule has 0 aromatic carbocycles. The van der Waals surface area contributed by atoms with Crippen molar-refractivity contribution in [3.8, 4) is 0 Å². The molecule has 2 aliphatic heterocycles. The minimum absolute atomic E-state index is 0.0780. The Bertz CT molecular complexity index is 122. The van der Waals surface area contributed by atoms with E-state index in [9.17, 15) is 0 Å². The highest BCUT2D eigenvalue weighted by molar-refractivity contribution is 4.85. The summed E-state index contributed by atoms with van der Waals surface area (Å²) in [6.45, 7) is 1.01. The second kappa shape index (κ2) is 2.49. The van der Waals surface area contributed by atoms with E-state index >= 15 is 0 Å². The monoisotopic (exact) mass is 144 g/mol. The van der Waals surface area contributed by atoms with Crippen molar-refractivity contribution >= 4 is 0 Å². The van der Waals surface area contributed by atoms with Gasteiger partial charge in [-0.15, -0.1) is 0 Å². The molecule has 3 nitrogen and oxygen atoms in total. The maximum Gasteiger partial charge on any atom is 0.107 e. The molecule has 0 aromatic heterocycles. The van der Waals surface area contributed by atoms with Gasteiger partial charge in [-0.1, -0.05) is 0 Å². The second-order valence-electron chi connectivity index (χ2n) is 2.93. The predicted molar refractivity (Wildman–Crippen MR) is 34.7 cm³/mol. The van der Waals surface area contributed by atoms with Gasteiger partial charge in [0.1, 0.15) is 6.10 Å². The van der Waals surface area contributed by atoms with E-state index in [0.717, 1.165) is 19.4 Å². The molecule has 2 aliphatic rings. The Morgan fingerprint density at radius 1 is 1.30 bits per heavy atom. The number of aliphatic hydroxyl groups excluding tert-OH is 1. The van der Waals surface area contributed by atoms with Crippen molar-refractivity contribution in [2.24, 2.45) is 0 Å². The van der Waals surface area contributed by atoms with E-state index < -0.39 is 0 Å². The quantitative estimate of drug-likeness (QED) is 0.551. The van der Waals surface area contributed by atoms with Crippen LogP contribution in [0.5, 0.6) is 0 Å². The fraction of sp³-hybridized carbons (Fsp3) is 1.00. The Morgan fingerprint density at radius 3 is 2.60 bits per heavy atom. The smallest absolute Gasteiger partial charge is 0.107 e.